The molecule has 0 aromatic carbocycles. The van der Waals surface area contributed by atoms with E-state index in [1.165, 1.54) is 62.3 Å². The van der Waals surface area contributed by atoms with Crippen molar-refractivity contribution in [1.29, 1.82) is 0 Å². The molecule has 22 heavy (non-hydrogen) atoms. The summed E-state index contributed by atoms with van der Waals surface area (Å²) in [7, 11) is 0. The van der Waals surface area contributed by atoms with Gasteiger partial charge in [-0.2, -0.15) is 0 Å². The van der Waals surface area contributed by atoms with Crippen molar-refractivity contribution in [2.45, 2.75) is 113 Å². The van der Waals surface area contributed by atoms with Gasteiger partial charge in [-0.1, -0.05) is 0 Å². The molecule has 2 saturated carbocycles. The molecule has 0 atom stereocenters. The number of unbranched alkanes of at least 4 members (excludes halogenated alkanes) is 2. The van der Waals surface area contributed by atoms with Gasteiger partial charge in [0.25, 0.3) is 0 Å². The molecule has 0 bridgehead atoms. The predicted octanol–water partition coefficient (Wildman–Crippen LogP) is 6.91. The van der Waals surface area contributed by atoms with Gasteiger partial charge in [0.05, 0.1) is 0 Å². The zero-order chi connectivity index (χ0) is 15.6. The molecule has 0 nitrogen and oxygen atoms in total. The van der Waals surface area contributed by atoms with Gasteiger partial charge in [0.1, 0.15) is 0 Å². The second-order valence-corrected chi connectivity index (χ2v) is 11.3. The molecule has 126 valence electrons. The van der Waals surface area contributed by atoms with E-state index in [1.807, 2.05) is 3.52 Å². The zero-order valence-electron chi connectivity index (χ0n) is 15.1. The van der Waals surface area contributed by atoms with Crippen LogP contribution >= 0.6 is 0 Å². The molecule has 0 aliphatic heterocycles. The second-order valence-electron chi connectivity index (χ2n) is 7.50. The fourth-order valence-corrected chi connectivity index (χ4v) is 8.01. The molecule has 0 N–H and O–H groups in total. The maximum absolute atomic E-state index is 2.75. The normalized spacial score (nSPS) is 22.0. The van der Waals surface area contributed by atoms with Crippen molar-refractivity contribution >= 4 is 27.6 Å². The van der Waals surface area contributed by atoms with E-state index in [0.717, 1.165) is 18.3 Å². The van der Waals surface area contributed by atoms with Gasteiger partial charge >= 0.3 is 151 Å². The summed E-state index contributed by atoms with van der Waals surface area (Å²) in [4.78, 5) is 0. The first-order valence-corrected chi connectivity index (χ1v) is 13.0. The first-order valence-electron chi connectivity index (χ1n) is 10.2. The quantitative estimate of drug-likeness (QED) is 0.298. The van der Waals surface area contributed by atoms with Crippen molar-refractivity contribution in [3.8, 4) is 0 Å². The Bertz CT molecular complexity index is 296. The maximum atomic E-state index is 2.75. The molecule has 2 aliphatic rings. The van der Waals surface area contributed by atoms with Crippen LogP contribution in [0.2, 0.25) is 16.1 Å². The van der Waals surface area contributed by atoms with Crippen LogP contribution in [-0.2, 0) is 0 Å². The second kappa shape index (κ2) is 11.2. The van der Waals surface area contributed by atoms with Gasteiger partial charge in [-0.05, 0) is 0 Å². The predicted molar refractivity (Wildman–Crippen MR) is 103 cm³/mol. The van der Waals surface area contributed by atoms with Crippen LogP contribution in [0.25, 0.3) is 0 Å². The Hall–Kier alpha value is 0.595. The molecule has 0 unspecified atom stereocenters. The van der Waals surface area contributed by atoms with Crippen LogP contribution in [0.5, 0.6) is 0 Å². The summed E-state index contributed by atoms with van der Waals surface area (Å²) in [6, 6.07) is 0. The van der Waals surface area contributed by atoms with Crippen LogP contribution in [-0.4, -0.2) is 27.6 Å². The summed E-state index contributed by atoms with van der Waals surface area (Å²) in [6.07, 6.45) is 22.1. The number of hydrogen-bond acceptors (Lipinski definition) is 0. The van der Waals surface area contributed by atoms with E-state index in [-0.39, 0.29) is 20.9 Å². The van der Waals surface area contributed by atoms with Crippen LogP contribution in [0.4, 0.5) is 0 Å². The van der Waals surface area contributed by atoms with Gasteiger partial charge in [-0.3, -0.25) is 0 Å². The van der Waals surface area contributed by atoms with Crippen molar-refractivity contribution in [2.75, 3.05) is 0 Å². The average molecular weight is 416 g/mol. The average Bonchev–Trinajstić information content (AvgIpc) is 2.57. The van der Waals surface area contributed by atoms with Crippen molar-refractivity contribution in [2.24, 2.45) is 0 Å². The van der Waals surface area contributed by atoms with Crippen molar-refractivity contribution < 1.29 is 0 Å². The molecule has 0 saturated heterocycles. The van der Waals surface area contributed by atoms with Gasteiger partial charge in [-0.15, -0.1) is 0 Å². The van der Waals surface area contributed by atoms with E-state index in [4.69, 9.17) is 0 Å². The van der Waals surface area contributed by atoms with E-state index in [0.29, 0.717) is 0 Å². The minimum absolute atomic E-state index is 0.117. The molecular weight excluding hydrogens is 379 g/mol. The summed E-state index contributed by atoms with van der Waals surface area (Å²) in [6.45, 7) is 5.79. The molecule has 0 aromatic heterocycles. The van der Waals surface area contributed by atoms with Crippen LogP contribution < -0.4 is 0 Å². The number of hydrogen-bond donors (Lipinski definition) is 0. The fourth-order valence-electron chi connectivity index (χ4n) is 4.74. The molecule has 0 heterocycles. The standard InChI is InChI=1S/C20H37BTe/c1-3-5-8-17-20(22-4-2)21(18-13-9-6-10-14-18)19-15-11-7-12-16-19/h17-19H,3-16H2,1-2H3/b20-17-. The van der Waals surface area contributed by atoms with E-state index < -0.39 is 0 Å². The van der Waals surface area contributed by atoms with Crippen LogP contribution in [0.15, 0.2) is 9.60 Å². The summed E-state index contributed by atoms with van der Waals surface area (Å²) in [5, 5.41) is 0. The van der Waals surface area contributed by atoms with Crippen LogP contribution in [0.3, 0.4) is 0 Å². The molecule has 0 radical (unpaired) electrons. The van der Waals surface area contributed by atoms with Gasteiger partial charge in [0, 0.05) is 0 Å². The zero-order valence-corrected chi connectivity index (χ0v) is 17.4. The fraction of sp³-hybridized carbons (Fsp3) is 0.900. The number of rotatable bonds is 8. The van der Waals surface area contributed by atoms with Crippen molar-refractivity contribution in [3.63, 3.8) is 0 Å². The number of allylic oxidation sites excluding steroid dienone is 1. The SMILES string of the molecule is CCCC/C=C(\[Te]CC)B(C1CCCCC1)C1CCCCC1. The topological polar surface area (TPSA) is 0 Å². The van der Waals surface area contributed by atoms with Crippen molar-refractivity contribution in [3.05, 3.63) is 9.60 Å². The van der Waals surface area contributed by atoms with Gasteiger partial charge in [0.2, 0.25) is 0 Å². The minimum atomic E-state index is 0.117. The van der Waals surface area contributed by atoms with E-state index in [9.17, 15) is 0 Å². The molecule has 0 amide bonds. The third-order valence-electron chi connectivity index (χ3n) is 5.86. The monoisotopic (exact) mass is 418 g/mol. The molecule has 2 rings (SSSR count). The molecular formula is C20H37BTe. The van der Waals surface area contributed by atoms with E-state index >= 15 is 0 Å². The van der Waals surface area contributed by atoms with Gasteiger partial charge in [0.15, 0.2) is 0 Å². The third kappa shape index (κ3) is 5.90. The third-order valence-corrected chi connectivity index (χ3v) is 8.89. The molecule has 2 fully saturated rings. The Labute approximate surface area is 150 Å². The summed E-state index contributed by atoms with van der Waals surface area (Å²) < 4.78 is 3.49. The molecule has 2 heteroatoms. The van der Waals surface area contributed by atoms with Crippen LogP contribution in [0, 0.1) is 0 Å². The van der Waals surface area contributed by atoms with E-state index in [1.54, 1.807) is 25.7 Å². The van der Waals surface area contributed by atoms with E-state index in [2.05, 4.69) is 19.9 Å². The van der Waals surface area contributed by atoms with Gasteiger partial charge < -0.3 is 0 Å². The van der Waals surface area contributed by atoms with Gasteiger partial charge in [-0.25, -0.2) is 0 Å². The molecule has 0 spiro atoms. The Morgan fingerprint density at radius 2 is 1.45 bits per heavy atom. The Balaban J connectivity index is 2.12. The van der Waals surface area contributed by atoms with Crippen LogP contribution in [0.1, 0.15) is 97.3 Å². The Kier molecular flexibility index (Phi) is 9.64. The summed E-state index contributed by atoms with van der Waals surface area (Å²) in [5.74, 6) is 2.11. The summed E-state index contributed by atoms with van der Waals surface area (Å²) in [5.41, 5.74) is 0. The summed E-state index contributed by atoms with van der Waals surface area (Å²) >= 11 is 0.117. The van der Waals surface area contributed by atoms with Crippen molar-refractivity contribution in [1.82, 2.24) is 0 Å². The molecule has 0 aromatic rings. The molecule has 2 aliphatic carbocycles. The Morgan fingerprint density at radius 1 is 0.909 bits per heavy atom. The Morgan fingerprint density at radius 3 is 1.91 bits per heavy atom. The first-order chi connectivity index (χ1) is 10.9. The first kappa shape index (κ1) is 18.9.